The highest BCUT2D eigenvalue weighted by Gasteiger charge is 2.27. The van der Waals surface area contributed by atoms with Crippen LogP contribution in [0.2, 0.25) is 0 Å². The number of hydrogen-bond acceptors (Lipinski definition) is 4. The molecule has 0 atom stereocenters. The van der Waals surface area contributed by atoms with Crippen LogP contribution in [-0.2, 0) is 19.9 Å². The van der Waals surface area contributed by atoms with Gasteiger partial charge in [-0.1, -0.05) is 24.3 Å². The molecule has 3 aromatic rings. The van der Waals surface area contributed by atoms with E-state index in [0.29, 0.717) is 18.0 Å². The van der Waals surface area contributed by atoms with E-state index in [1.807, 2.05) is 4.90 Å². The van der Waals surface area contributed by atoms with Crippen LogP contribution in [0.5, 0.6) is 0 Å². The second kappa shape index (κ2) is 8.30. The Morgan fingerprint density at radius 3 is 2.71 bits per heavy atom. The van der Waals surface area contributed by atoms with Gasteiger partial charge in [0, 0.05) is 37.8 Å². The molecule has 5 rings (SSSR count). The van der Waals surface area contributed by atoms with E-state index in [0.717, 1.165) is 43.6 Å². The van der Waals surface area contributed by atoms with Crippen molar-refractivity contribution in [2.45, 2.75) is 25.7 Å². The van der Waals surface area contributed by atoms with Crippen molar-refractivity contribution in [2.24, 2.45) is 13.0 Å². The van der Waals surface area contributed by atoms with E-state index in [4.69, 9.17) is 0 Å². The summed E-state index contributed by atoms with van der Waals surface area (Å²) in [5.74, 6) is 0.457. The number of carbonyl (C=O) groups is 2. The minimum absolute atomic E-state index is 0.0870. The predicted molar refractivity (Wildman–Crippen MR) is 121 cm³/mol. The Bertz CT molecular complexity index is 1120. The van der Waals surface area contributed by atoms with Crippen LogP contribution in [0.1, 0.15) is 44.0 Å². The smallest absolute Gasteiger partial charge is 0.263 e. The number of piperidine rings is 1. The number of carbonyl (C=O) groups excluding carboxylic acids is 2. The summed E-state index contributed by atoms with van der Waals surface area (Å²) in [5.41, 5.74) is 4.55. The second-order valence-corrected chi connectivity index (χ2v) is 9.52. The van der Waals surface area contributed by atoms with Crippen molar-refractivity contribution < 1.29 is 9.59 Å². The maximum absolute atomic E-state index is 13.1. The number of likely N-dealkylation sites (tertiary alicyclic amines) is 1. The van der Waals surface area contributed by atoms with E-state index in [1.54, 1.807) is 35.5 Å². The Balaban J connectivity index is 1.18. The molecule has 160 valence electrons. The van der Waals surface area contributed by atoms with E-state index < -0.39 is 0 Å². The van der Waals surface area contributed by atoms with Crippen molar-refractivity contribution in [1.82, 2.24) is 20.0 Å². The van der Waals surface area contributed by atoms with Gasteiger partial charge in [-0.3, -0.25) is 14.3 Å². The molecule has 1 aliphatic heterocycles. The van der Waals surface area contributed by atoms with Gasteiger partial charge in [-0.25, -0.2) is 0 Å². The van der Waals surface area contributed by atoms with Crippen molar-refractivity contribution in [3.63, 3.8) is 0 Å². The van der Waals surface area contributed by atoms with Gasteiger partial charge in [0.05, 0.1) is 16.6 Å². The number of fused-ring (bicyclic) bond motifs is 3. The van der Waals surface area contributed by atoms with E-state index >= 15 is 0 Å². The van der Waals surface area contributed by atoms with Gasteiger partial charge in [0.25, 0.3) is 11.8 Å². The Morgan fingerprint density at radius 1 is 1.16 bits per heavy atom. The van der Waals surface area contributed by atoms with Crippen molar-refractivity contribution in [2.75, 3.05) is 19.6 Å². The molecule has 2 amide bonds. The Morgan fingerprint density at radius 2 is 1.94 bits per heavy atom. The van der Waals surface area contributed by atoms with Crippen molar-refractivity contribution >= 4 is 23.2 Å². The van der Waals surface area contributed by atoms with Crippen LogP contribution in [0, 0.1) is 5.92 Å². The first kappa shape index (κ1) is 20.0. The highest BCUT2D eigenvalue weighted by atomic mass is 32.1. The molecule has 31 heavy (non-hydrogen) atoms. The van der Waals surface area contributed by atoms with Gasteiger partial charge in [-0.15, -0.1) is 11.3 Å². The first-order chi connectivity index (χ1) is 15.1. The summed E-state index contributed by atoms with van der Waals surface area (Å²) in [5, 5.41) is 7.05. The van der Waals surface area contributed by atoms with Gasteiger partial charge in [-0.2, -0.15) is 5.10 Å². The molecule has 2 aliphatic rings. The van der Waals surface area contributed by atoms with Gasteiger partial charge >= 0.3 is 0 Å². The van der Waals surface area contributed by atoms with Crippen molar-refractivity contribution in [3.05, 3.63) is 64.3 Å². The molecular weight excluding hydrogens is 408 g/mol. The van der Waals surface area contributed by atoms with E-state index in [9.17, 15) is 9.59 Å². The molecule has 3 heterocycles. The summed E-state index contributed by atoms with van der Waals surface area (Å²) in [6.07, 6.45) is 7.17. The SMILES string of the molecule is Cn1cc(C(=O)NCC2CCN(C(=O)c3cc4c(s3)-c3ccccc3CC4)CC2)cn1. The normalized spacial score (nSPS) is 16.0. The van der Waals surface area contributed by atoms with Gasteiger partial charge in [0.15, 0.2) is 0 Å². The van der Waals surface area contributed by atoms with E-state index in [-0.39, 0.29) is 11.8 Å². The Labute approximate surface area is 185 Å². The fourth-order valence-electron chi connectivity index (χ4n) is 4.55. The first-order valence-electron chi connectivity index (χ1n) is 10.9. The molecule has 7 heteroatoms. The summed E-state index contributed by atoms with van der Waals surface area (Å²) in [4.78, 5) is 29.5. The van der Waals surface area contributed by atoms with Crippen molar-refractivity contribution in [3.8, 4) is 10.4 Å². The number of thiophene rings is 1. The largest absolute Gasteiger partial charge is 0.352 e. The van der Waals surface area contributed by atoms with Crippen LogP contribution in [0.25, 0.3) is 10.4 Å². The fourth-order valence-corrected chi connectivity index (χ4v) is 5.79. The standard InChI is InChI=1S/C24H26N4O2S/c1-27-15-19(14-26-27)23(29)25-13-16-8-10-28(11-9-16)24(30)21-12-18-7-6-17-4-2-3-5-20(17)22(18)31-21/h2-5,12,14-16H,6-11,13H2,1H3,(H,25,29). The van der Waals surface area contributed by atoms with E-state index in [1.165, 1.54) is 21.6 Å². The second-order valence-electron chi connectivity index (χ2n) is 8.47. The quantitative estimate of drug-likeness (QED) is 0.683. The summed E-state index contributed by atoms with van der Waals surface area (Å²) < 4.78 is 1.63. The zero-order valence-electron chi connectivity index (χ0n) is 17.6. The molecule has 1 saturated heterocycles. The number of aromatic nitrogens is 2. The Kier molecular flexibility index (Phi) is 5.36. The maximum Gasteiger partial charge on any atom is 0.263 e. The van der Waals surface area contributed by atoms with Gasteiger partial charge in [0.2, 0.25) is 0 Å². The summed E-state index contributed by atoms with van der Waals surface area (Å²) >= 11 is 1.64. The zero-order valence-corrected chi connectivity index (χ0v) is 18.5. The molecule has 1 aliphatic carbocycles. The topological polar surface area (TPSA) is 67.2 Å². The third-order valence-electron chi connectivity index (χ3n) is 6.37. The molecule has 1 fully saturated rings. The number of aryl methyl sites for hydroxylation is 3. The molecule has 0 unspecified atom stereocenters. The number of hydrogen-bond donors (Lipinski definition) is 1. The number of amides is 2. The average Bonchev–Trinajstić information content (AvgIpc) is 3.44. The molecule has 1 aromatic carbocycles. The summed E-state index contributed by atoms with van der Waals surface area (Å²) in [6, 6.07) is 10.6. The minimum Gasteiger partial charge on any atom is -0.352 e. The monoisotopic (exact) mass is 434 g/mol. The molecule has 0 bridgehead atoms. The first-order valence-corrected chi connectivity index (χ1v) is 11.7. The van der Waals surface area contributed by atoms with Crippen molar-refractivity contribution in [1.29, 1.82) is 0 Å². The maximum atomic E-state index is 13.1. The summed E-state index contributed by atoms with van der Waals surface area (Å²) in [6.45, 7) is 2.12. The fraction of sp³-hybridized carbons (Fsp3) is 0.375. The predicted octanol–water partition coefficient (Wildman–Crippen LogP) is 3.53. The number of nitrogens with zero attached hydrogens (tertiary/aromatic N) is 3. The van der Waals surface area contributed by atoms with Crippen LogP contribution < -0.4 is 5.32 Å². The number of nitrogens with one attached hydrogen (secondary N) is 1. The van der Waals surface area contributed by atoms with Gasteiger partial charge in [-0.05, 0) is 54.4 Å². The van der Waals surface area contributed by atoms with Crippen LogP contribution in [-0.4, -0.2) is 46.1 Å². The molecule has 0 radical (unpaired) electrons. The molecule has 0 saturated carbocycles. The third kappa shape index (κ3) is 4.02. The van der Waals surface area contributed by atoms with Gasteiger partial charge < -0.3 is 10.2 Å². The number of benzene rings is 1. The average molecular weight is 435 g/mol. The molecule has 0 spiro atoms. The van der Waals surface area contributed by atoms with Crippen LogP contribution >= 0.6 is 11.3 Å². The lowest BCUT2D eigenvalue weighted by Crippen LogP contribution is -2.41. The van der Waals surface area contributed by atoms with Crippen LogP contribution in [0.3, 0.4) is 0 Å². The van der Waals surface area contributed by atoms with Gasteiger partial charge in [0.1, 0.15) is 0 Å². The van der Waals surface area contributed by atoms with E-state index in [2.05, 4.69) is 40.7 Å². The molecule has 2 aromatic heterocycles. The highest BCUT2D eigenvalue weighted by molar-refractivity contribution is 7.17. The zero-order chi connectivity index (χ0) is 21.4. The lowest BCUT2D eigenvalue weighted by Gasteiger charge is -2.31. The minimum atomic E-state index is -0.0870. The molecule has 1 N–H and O–H groups in total. The Hall–Kier alpha value is -2.93. The molecular formula is C24H26N4O2S. The van der Waals surface area contributed by atoms with Crippen LogP contribution in [0.15, 0.2) is 42.7 Å². The number of rotatable bonds is 4. The molecule has 6 nitrogen and oxygen atoms in total. The van der Waals surface area contributed by atoms with Crippen LogP contribution in [0.4, 0.5) is 0 Å². The highest BCUT2D eigenvalue weighted by Crippen LogP contribution is 2.40. The lowest BCUT2D eigenvalue weighted by molar-refractivity contribution is 0.0689. The summed E-state index contributed by atoms with van der Waals surface area (Å²) in [7, 11) is 1.80. The lowest BCUT2D eigenvalue weighted by atomic mass is 9.91. The third-order valence-corrected chi connectivity index (χ3v) is 7.56.